The molecule has 1 aromatic heterocycles. The standard InChI is InChI=1S/C25H35N5O3/c1-17(2)23(31)28-11-13-30(14-12-28)25(33)22-16-20-15-19(5-6-21(20)26-22)24(32)29-9-7-27(8-10-29)18(3)4/h5-6,15-18,26H,7-14H2,1-4H3. The zero-order valence-corrected chi connectivity index (χ0v) is 20.1. The molecular formula is C25H35N5O3. The van der Waals surface area contributed by atoms with Crippen molar-refractivity contribution in [3.63, 3.8) is 0 Å². The maximum atomic E-state index is 13.0. The molecule has 4 rings (SSSR count). The average Bonchev–Trinajstić information content (AvgIpc) is 3.26. The predicted octanol–water partition coefficient (Wildman–Crippen LogP) is 2.27. The molecule has 2 aliphatic rings. The Balaban J connectivity index is 1.41. The van der Waals surface area contributed by atoms with E-state index in [2.05, 4.69) is 23.7 Å². The molecule has 3 heterocycles. The first-order valence-corrected chi connectivity index (χ1v) is 12.0. The predicted molar refractivity (Wildman–Crippen MR) is 128 cm³/mol. The van der Waals surface area contributed by atoms with Gasteiger partial charge in [0.15, 0.2) is 0 Å². The Morgan fingerprint density at radius 3 is 1.94 bits per heavy atom. The van der Waals surface area contributed by atoms with Crippen LogP contribution in [-0.4, -0.2) is 101 Å². The van der Waals surface area contributed by atoms with Gasteiger partial charge < -0.3 is 19.7 Å². The molecule has 1 N–H and O–H groups in total. The van der Waals surface area contributed by atoms with Gasteiger partial charge in [0.25, 0.3) is 11.8 Å². The van der Waals surface area contributed by atoms with Crippen molar-refractivity contribution in [2.75, 3.05) is 52.4 Å². The molecule has 2 fully saturated rings. The number of hydrogen-bond donors (Lipinski definition) is 1. The fraction of sp³-hybridized carbons (Fsp3) is 0.560. The third-order valence-corrected chi connectivity index (χ3v) is 6.80. The Hall–Kier alpha value is -2.87. The van der Waals surface area contributed by atoms with E-state index in [1.165, 1.54) is 0 Å². The summed E-state index contributed by atoms with van der Waals surface area (Å²) in [5.74, 6) is 0.0772. The topological polar surface area (TPSA) is 80.0 Å². The Bertz CT molecular complexity index is 1030. The van der Waals surface area contributed by atoms with E-state index in [-0.39, 0.29) is 23.6 Å². The van der Waals surface area contributed by atoms with Crippen molar-refractivity contribution in [3.8, 4) is 0 Å². The van der Waals surface area contributed by atoms with E-state index >= 15 is 0 Å². The molecule has 8 heteroatoms. The van der Waals surface area contributed by atoms with Crippen LogP contribution in [-0.2, 0) is 4.79 Å². The number of nitrogens with zero attached hydrogens (tertiary/aromatic N) is 4. The summed E-state index contributed by atoms with van der Waals surface area (Å²) in [5.41, 5.74) is 2.01. The third-order valence-electron chi connectivity index (χ3n) is 6.80. The van der Waals surface area contributed by atoms with Crippen LogP contribution in [0.1, 0.15) is 48.5 Å². The van der Waals surface area contributed by atoms with Gasteiger partial charge in [0.1, 0.15) is 5.69 Å². The number of aromatic nitrogens is 1. The lowest BCUT2D eigenvalue weighted by Gasteiger charge is -2.37. The molecule has 178 valence electrons. The van der Waals surface area contributed by atoms with Crippen molar-refractivity contribution >= 4 is 28.6 Å². The van der Waals surface area contributed by atoms with Gasteiger partial charge in [-0.25, -0.2) is 0 Å². The number of piperazine rings is 2. The van der Waals surface area contributed by atoms with Crippen LogP contribution in [0.25, 0.3) is 10.9 Å². The molecule has 1 aromatic carbocycles. The smallest absolute Gasteiger partial charge is 0.270 e. The summed E-state index contributed by atoms with van der Waals surface area (Å²) < 4.78 is 0. The van der Waals surface area contributed by atoms with Crippen LogP contribution in [0.4, 0.5) is 0 Å². The van der Waals surface area contributed by atoms with Gasteiger partial charge in [-0.3, -0.25) is 19.3 Å². The van der Waals surface area contributed by atoms with Crippen molar-refractivity contribution in [2.24, 2.45) is 5.92 Å². The largest absolute Gasteiger partial charge is 0.351 e. The highest BCUT2D eigenvalue weighted by Gasteiger charge is 2.27. The van der Waals surface area contributed by atoms with Gasteiger partial charge in [-0.2, -0.15) is 0 Å². The minimum Gasteiger partial charge on any atom is -0.351 e. The first-order chi connectivity index (χ1) is 15.7. The number of H-pyrrole nitrogens is 1. The molecule has 2 aliphatic heterocycles. The van der Waals surface area contributed by atoms with Crippen LogP contribution < -0.4 is 0 Å². The maximum Gasteiger partial charge on any atom is 0.270 e. The molecule has 8 nitrogen and oxygen atoms in total. The molecule has 0 radical (unpaired) electrons. The summed E-state index contributed by atoms with van der Waals surface area (Å²) in [5, 5.41) is 0.860. The van der Waals surface area contributed by atoms with Crippen LogP contribution in [0.2, 0.25) is 0 Å². The minimum atomic E-state index is -0.0690. The monoisotopic (exact) mass is 453 g/mol. The second-order valence-electron chi connectivity index (χ2n) is 9.68. The van der Waals surface area contributed by atoms with Gasteiger partial charge in [0.05, 0.1) is 0 Å². The van der Waals surface area contributed by atoms with Crippen LogP contribution in [0.5, 0.6) is 0 Å². The van der Waals surface area contributed by atoms with Crippen molar-refractivity contribution in [1.29, 1.82) is 0 Å². The van der Waals surface area contributed by atoms with Gasteiger partial charge in [0.2, 0.25) is 5.91 Å². The lowest BCUT2D eigenvalue weighted by atomic mass is 10.1. The number of amides is 3. The Morgan fingerprint density at radius 1 is 0.758 bits per heavy atom. The Labute approximate surface area is 195 Å². The van der Waals surface area contributed by atoms with E-state index in [9.17, 15) is 14.4 Å². The SMILES string of the molecule is CC(C)C(=O)N1CCN(C(=O)c2cc3cc(C(=O)N4CCN(C(C)C)CC4)ccc3[nH]2)CC1. The molecule has 2 aromatic rings. The molecule has 2 saturated heterocycles. The Morgan fingerprint density at radius 2 is 1.33 bits per heavy atom. The van der Waals surface area contributed by atoms with Crippen LogP contribution in [0.15, 0.2) is 24.3 Å². The van der Waals surface area contributed by atoms with E-state index in [0.717, 1.165) is 37.1 Å². The fourth-order valence-electron chi connectivity index (χ4n) is 4.67. The number of benzene rings is 1. The molecular weight excluding hydrogens is 418 g/mol. The van der Waals surface area contributed by atoms with E-state index in [1.807, 2.05) is 47.9 Å². The summed E-state index contributed by atoms with van der Waals surface area (Å²) in [6.45, 7) is 13.6. The quantitative estimate of drug-likeness (QED) is 0.770. The van der Waals surface area contributed by atoms with E-state index in [1.54, 1.807) is 4.90 Å². The summed E-state index contributed by atoms with van der Waals surface area (Å²) in [7, 11) is 0. The van der Waals surface area contributed by atoms with Crippen molar-refractivity contribution < 1.29 is 14.4 Å². The first-order valence-electron chi connectivity index (χ1n) is 12.0. The second-order valence-corrected chi connectivity index (χ2v) is 9.68. The molecule has 0 spiro atoms. The van der Waals surface area contributed by atoms with Gasteiger partial charge in [-0.15, -0.1) is 0 Å². The highest BCUT2D eigenvalue weighted by atomic mass is 16.2. The highest BCUT2D eigenvalue weighted by molar-refractivity contribution is 6.01. The zero-order valence-electron chi connectivity index (χ0n) is 20.1. The Kier molecular flexibility index (Phi) is 6.74. The van der Waals surface area contributed by atoms with Crippen LogP contribution >= 0.6 is 0 Å². The molecule has 0 saturated carbocycles. The van der Waals surface area contributed by atoms with Crippen LogP contribution in [0, 0.1) is 5.92 Å². The first kappa shape index (κ1) is 23.3. The molecule has 3 amide bonds. The van der Waals surface area contributed by atoms with Crippen molar-refractivity contribution in [2.45, 2.75) is 33.7 Å². The highest BCUT2D eigenvalue weighted by Crippen LogP contribution is 2.21. The number of hydrogen-bond acceptors (Lipinski definition) is 4. The van der Waals surface area contributed by atoms with Gasteiger partial charge in [0, 0.05) is 80.8 Å². The second kappa shape index (κ2) is 9.55. The molecule has 33 heavy (non-hydrogen) atoms. The summed E-state index contributed by atoms with van der Waals surface area (Å²) in [6, 6.07) is 7.91. The van der Waals surface area contributed by atoms with Gasteiger partial charge in [-0.05, 0) is 38.1 Å². The number of rotatable bonds is 4. The number of fused-ring (bicyclic) bond motifs is 1. The average molecular weight is 454 g/mol. The molecule has 0 aliphatic carbocycles. The summed E-state index contributed by atoms with van der Waals surface area (Å²) in [6.07, 6.45) is 0. The summed E-state index contributed by atoms with van der Waals surface area (Å²) in [4.78, 5) is 49.4. The lowest BCUT2D eigenvalue weighted by Crippen LogP contribution is -2.51. The normalized spacial score (nSPS) is 17.9. The van der Waals surface area contributed by atoms with Crippen molar-refractivity contribution in [3.05, 3.63) is 35.5 Å². The molecule has 0 unspecified atom stereocenters. The summed E-state index contributed by atoms with van der Waals surface area (Å²) >= 11 is 0. The number of nitrogens with one attached hydrogen (secondary N) is 1. The van der Waals surface area contributed by atoms with Gasteiger partial charge >= 0.3 is 0 Å². The molecule has 0 bridgehead atoms. The lowest BCUT2D eigenvalue weighted by molar-refractivity contribution is -0.135. The number of carbonyl (C=O) groups is 3. The minimum absolute atomic E-state index is 0.0306. The number of aromatic amines is 1. The maximum absolute atomic E-state index is 13.0. The van der Waals surface area contributed by atoms with Gasteiger partial charge in [-0.1, -0.05) is 13.8 Å². The third kappa shape index (κ3) is 4.90. The number of carbonyl (C=O) groups excluding carboxylic acids is 3. The molecule has 0 atom stereocenters. The fourth-order valence-corrected chi connectivity index (χ4v) is 4.67. The van der Waals surface area contributed by atoms with E-state index in [4.69, 9.17) is 0 Å². The van der Waals surface area contributed by atoms with Crippen LogP contribution in [0.3, 0.4) is 0 Å². The van der Waals surface area contributed by atoms with E-state index in [0.29, 0.717) is 43.5 Å². The van der Waals surface area contributed by atoms with E-state index < -0.39 is 0 Å². The van der Waals surface area contributed by atoms with Crippen molar-refractivity contribution in [1.82, 2.24) is 24.6 Å². The zero-order chi connectivity index (χ0) is 23.7.